The van der Waals surface area contributed by atoms with Gasteiger partial charge in [-0.05, 0) is 47.2 Å². The lowest BCUT2D eigenvalue weighted by atomic mass is 10.1. The first-order chi connectivity index (χ1) is 6.59. The number of hydrogen-bond acceptors (Lipinski definition) is 1. The summed E-state index contributed by atoms with van der Waals surface area (Å²) < 4.78 is 1.11. The summed E-state index contributed by atoms with van der Waals surface area (Å²) in [7, 11) is 0. The number of aromatic nitrogens is 1. The van der Waals surface area contributed by atoms with Crippen LogP contribution < -0.4 is 0 Å². The van der Waals surface area contributed by atoms with Gasteiger partial charge in [0.2, 0.25) is 0 Å². The standard InChI is InChI=1S/C10H8INO2/c1-5-2-7-8(11)4-12-9(7)3-6(5)10(13)14/h2-4,12H,1H3,(H,13,14). The van der Waals surface area contributed by atoms with Crippen LogP contribution in [0.5, 0.6) is 0 Å². The number of nitrogens with one attached hydrogen (secondary N) is 1. The van der Waals surface area contributed by atoms with Crippen molar-refractivity contribution in [2.75, 3.05) is 0 Å². The van der Waals surface area contributed by atoms with Crippen molar-refractivity contribution in [1.82, 2.24) is 4.98 Å². The molecule has 4 heteroatoms. The number of carboxylic acid groups (broad SMARTS) is 1. The maximum atomic E-state index is 10.9. The lowest BCUT2D eigenvalue weighted by Gasteiger charge is -2.00. The van der Waals surface area contributed by atoms with E-state index in [9.17, 15) is 4.79 Å². The van der Waals surface area contributed by atoms with Crippen molar-refractivity contribution in [2.45, 2.75) is 6.92 Å². The molecule has 0 aliphatic carbocycles. The van der Waals surface area contributed by atoms with Gasteiger partial charge in [0, 0.05) is 20.7 Å². The molecule has 0 radical (unpaired) electrons. The van der Waals surface area contributed by atoms with Crippen LogP contribution in [-0.2, 0) is 0 Å². The molecule has 72 valence electrons. The van der Waals surface area contributed by atoms with Crippen LogP contribution >= 0.6 is 22.6 Å². The molecule has 2 aromatic rings. The highest BCUT2D eigenvalue weighted by Crippen LogP contribution is 2.23. The average molecular weight is 301 g/mol. The predicted molar refractivity (Wildman–Crippen MR) is 62.7 cm³/mol. The first-order valence-electron chi connectivity index (χ1n) is 4.10. The van der Waals surface area contributed by atoms with Gasteiger partial charge in [0.05, 0.1) is 5.56 Å². The third kappa shape index (κ3) is 1.39. The molecule has 2 N–H and O–H groups in total. The third-order valence-electron chi connectivity index (χ3n) is 2.21. The lowest BCUT2D eigenvalue weighted by molar-refractivity contribution is 0.0696. The molecule has 1 aromatic heterocycles. The van der Waals surface area contributed by atoms with Crippen LogP contribution in [0.1, 0.15) is 15.9 Å². The van der Waals surface area contributed by atoms with E-state index in [1.807, 2.05) is 19.2 Å². The summed E-state index contributed by atoms with van der Waals surface area (Å²) in [4.78, 5) is 13.9. The molecular formula is C10H8INO2. The zero-order valence-corrected chi connectivity index (χ0v) is 9.62. The maximum absolute atomic E-state index is 10.9. The minimum absolute atomic E-state index is 0.357. The first-order valence-corrected chi connectivity index (χ1v) is 5.18. The number of carboxylic acids is 1. The van der Waals surface area contributed by atoms with Crippen LogP contribution in [-0.4, -0.2) is 16.1 Å². The van der Waals surface area contributed by atoms with Crippen molar-refractivity contribution >= 4 is 39.5 Å². The summed E-state index contributed by atoms with van der Waals surface area (Å²) in [6.45, 7) is 1.81. The molecule has 0 spiro atoms. The van der Waals surface area contributed by atoms with Crippen molar-refractivity contribution in [2.24, 2.45) is 0 Å². The minimum Gasteiger partial charge on any atom is -0.478 e. The van der Waals surface area contributed by atoms with Gasteiger partial charge in [-0.2, -0.15) is 0 Å². The summed E-state index contributed by atoms with van der Waals surface area (Å²) in [6, 6.07) is 3.58. The Morgan fingerprint density at radius 2 is 2.21 bits per heavy atom. The zero-order chi connectivity index (χ0) is 10.3. The summed E-state index contributed by atoms with van der Waals surface area (Å²) >= 11 is 2.22. The molecule has 0 aliphatic heterocycles. The van der Waals surface area contributed by atoms with Crippen molar-refractivity contribution in [3.05, 3.63) is 33.0 Å². The Bertz CT molecular complexity index is 516. The number of aromatic carboxylic acids is 1. The second kappa shape index (κ2) is 3.27. The fourth-order valence-corrected chi connectivity index (χ4v) is 2.08. The van der Waals surface area contributed by atoms with Gasteiger partial charge in [-0.1, -0.05) is 0 Å². The monoisotopic (exact) mass is 301 g/mol. The topological polar surface area (TPSA) is 53.1 Å². The van der Waals surface area contributed by atoms with E-state index in [4.69, 9.17) is 5.11 Å². The van der Waals surface area contributed by atoms with Crippen LogP contribution in [0.2, 0.25) is 0 Å². The van der Waals surface area contributed by atoms with Gasteiger partial charge < -0.3 is 10.1 Å². The Labute approximate surface area is 94.3 Å². The SMILES string of the molecule is Cc1cc2c(I)c[nH]c2cc1C(=O)O. The normalized spacial score (nSPS) is 10.7. The molecule has 1 heterocycles. The van der Waals surface area contributed by atoms with E-state index < -0.39 is 5.97 Å². The number of halogens is 1. The number of aryl methyl sites for hydroxylation is 1. The maximum Gasteiger partial charge on any atom is 0.336 e. The van der Waals surface area contributed by atoms with Crippen molar-refractivity contribution in [1.29, 1.82) is 0 Å². The summed E-state index contributed by atoms with van der Waals surface area (Å²) in [5, 5.41) is 9.99. The Balaban J connectivity index is 2.79. The van der Waals surface area contributed by atoms with E-state index in [1.165, 1.54) is 0 Å². The molecule has 2 rings (SSSR count). The number of fused-ring (bicyclic) bond motifs is 1. The minimum atomic E-state index is -0.881. The second-order valence-corrected chi connectivity index (χ2v) is 4.32. The van der Waals surface area contributed by atoms with Gasteiger partial charge in [0.1, 0.15) is 0 Å². The molecule has 0 saturated carbocycles. The summed E-state index contributed by atoms with van der Waals surface area (Å²) in [5.41, 5.74) is 2.02. The van der Waals surface area contributed by atoms with E-state index >= 15 is 0 Å². The van der Waals surface area contributed by atoms with Crippen molar-refractivity contribution in [3.8, 4) is 0 Å². The molecule has 0 unspecified atom stereocenters. The predicted octanol–water partition coefficient (Wildman–Crippen LogP) is 2.78. The van der Waals surface area contributed by atoms with Crippen LogP contribution in [0.25, 0.3) is 10.9 Å². The highest BCUT2D eigenvalue weighted by atomic mass is 127. The van der Waals surface area contributed by atoms with E-state index in [0.29, 0.717) is 5.56 Å². The largest absolute Gasteiger partial charge is 0.478 e. The number of aromatic amines is 1. The number of hydrogen-bond donors (Lipinski definition) is 2. The average Bonchev–Trinajstić information content (AvgIpc) is 2.46. The molecular weight excluding hydrogens is 293 g/mol. The van der Waals surface area contributed by atoms with Crippen molar-refractivity contribution in [3.63, 3.8) is 0 Å². The molecule has 0 bridgehead atoms. The van der Waals surface area contributed by atoms with Gasteiger partial charge in [-0.15, -0.1) is 0 Å². The smallest absolute Gasteiger partial charge is 0.336 e. The molecule has 1 aromatic carbocycles. The summed E-state index contributed by atoms with van der Waals surface area (Å²) in [6.07, 6.45) is 1.87. The Morgan fingerprint density at radius 1 is 1.50 bits per heavy atom. The zero-order valence-electron chi connectivity index (χ0n) is 7.47. The molecule has 0 aliphatic rings. The van der Waals surface area contributed by atoms with Crippen LogP contribution in [0.15, 0.2) is 18.3 Å². The van der Waals surface area contributed by atoms with Crippen LogP contribution in [0.3, 0.4) is 0 Å². The molecule has 14 heavy (non-hydrogen) atoms. The quantitative estimate of drug-likeness (QED) is 0.796. The highest BCUT2D eigenvalue weighted by molar-refractivity contribution is 14.1. The molecule has 0 fully saturated rings. The third-order valence-corrected chi connectivity index (χ3v) is 3.10. The van der Waals surface area contributed by atoms with E-state index in [0.717, 1.165) is 20.0 Å². The van der Waals surface area contributed by atoms with Gasteiger partial charge in [-0.25, -0.2) is 4.79 Å². The van der Waals surface area contributed by atoms with Gasteiger partial charge in [-0.3, -0.25) is 0 Å². The number of H-pyrrole nitrogens is 1. The van der Waals surface area contributed by atoms with E-state index in [1.54, 1.807) is 6.07 Å². The number of benzene rings is 1. The van der Waals surface area contributed by atoms with Gasteiger partial charge in [0.25, 0.3) is 0 Å². The molecule has 3 nitrogen and oxygen atoms in total. The first kappa shape index (κ1) is 9.51. The summed E-state index contributed by atoms with van der Waals surface area (Å²) in [5.74, 6) is -0.881. The van der Waals surface area contributed by atoms with Crippen molar-refractivity contribution < 1.29 is 9.90 Å². The fourth-order valence-electron chi connectivity index (χ4n) is 1.47. The van der Waals surface area contributed by atoms with Gasteiger partial charge in [0.15, 0.2) is 0 Å². The molecule has 0 atom stereocenters. The van der Waals surface area contributed by atoms with Gasteiger partial charge >= 0.3 is 5.97 Å². The van der Waals surface area contributed by atoms with E-state index in [-0.39, 0.29) is 0 Å². The number of carbonyl (C=O) groups is 1. The van der Waals surface area contributed by atoms with E-state index in [2.05, 4.69) is 27.6 Å². The molecule has 0 amide bonds. The highest BCUT2D eigenvalue weighted by Gasteiger charge is 2.10. The van der Waals surface area contributed by atoms with Crippen LogP contribution in [0, 0.1) is 10.5 Å². The second-order valence-electron chi connectivity index (χ2n) is 3.15. The number of rotatable bonds is 1. The lowest BCUT2D eigenvalue weighted by Crippen LogP contribution is -1.99. The fraction of sp³-hybridized carbons (Fsp3) is 0.100. The Morgan fingerprint density at radius 3 is 2.86 bits per heavy atom. The molecule has 0 saturated heterocycles. The Kier molecular flexibility index (Phi) is 2.22. The Hall–Kier alpha value is -1.04. The van der Waals surface area contributed by atoms with Crippen LogP contribution in [0.4, 0.5) is 0 Å².